The molecule has 0 aromatic carbocycles. The maximum Gasteiger partial charge on any atom is 0.259 e. The minimum atomic E-state index is -0.0517. The Hall–Kier alpha value is -1.33. The minimum Gasteiger partial charge on any atom is -0.480 e. The molecular formula is C12H16ClN3O2. The molecule has 98 valence electrons. The topological polar surface area (TPSA) is 45.7 Å². The van der Waals surface area contributed by atoms with Crippen molar-refractivity contribution in [3.05, 3.63) is 22.8 Å². The number of ether oxygens (including phenoxy) is 1. The largest absolute Gasteiger partial charge is 0.480 e. The summed E-state index contributed by atoms with van der Waals surface area (Å²) in [6.45, 7) is 3.21. The Balaban J connectivity index is 2.18. The molecule has 1 aliphatic rings. The Labute approximate surface area is 111 Å². The Kier molecular flexibility index (Phi) is 4.04. The molecule has 1 fully saturated rings. The number of piperazine rings is 1. The highest BCUT2D eigenvalue weighted by molar-refractivity contribution is 6.29. The fraction of sp³-hybridized carbons (Fsp3) is 0.500. The molecule has 18 heavy (non-hydrogen) atoms. The number of halogens is 1. The second kappa shape index (κ2) is 5.54. The molecule has 1 amide bonds. The number of carbonyl (C=O) groups is 1. The van der Waals surface area contributed by atoms with Crippen LogP contribution in [0.2, 0.25) is 5.15 Å². The van der Waals surface area contributed by atoms with Gasteiger partial charge in [-0.1, -0.05) is 11.6 Å². The molecule has 1 aromatic heterocycles. The van der Waals surface area contributed by atoms with Crippen LogP contribution in [0.5, 0.6) is 5.88 Å². The fourth-order valence-corrected chi connectivity index (χ4v) is 2.06. The van der Waals surface area contributed by atoms with Gasteiger partial charge in [-0.25, -0.2) is 4.98 Å². The second-order valence-corrected chi connectivity index (χ2v) is 4.67. The van der Waals surface area contributed by atoms with Crippen molar-refractivity contribution in [3.63, 3.8) is 0 Å². The van der Waals surface area contributed by atoms with Crippen LogP contribution in [-0.4, -0.2) is 61.0 Å². The summed E-state index contributed by atoms with van der Waals surface area (Å²) < 4.78 is 5.11. The summed E-state index contributed by atoms with van der Waals surface area (Å²) in [4.78, 5) is 20.4. The van der Waals surface area contributed by atoms with Gasteiger partial charge in [0.25, 0.3) is 5.91 Å². The van der Waals surface area contributed by atoms with E-state index in [4.69, 9.17) is 16.3 Å². The van der Waals surface area contributed by atoms with Crippen LogP contribution in [-0.2, 0) is 0 Å². The van der Waals surface area contributed by atoms with E-state index in [2.05, 4.69) is 9.88 Å². The minimum absolute atomic E-state index is 0.0517. The monoisotopic (exact) mass is 269 g/mol. The summed E-state index contributed by atoms with van der Waals surface area (Å²) in [6, 6.07) is 3.27. The number of likely N-dealkylation sites (N-methyl/N-ethyl adjacent to an activating group) is 1. The Morgan fingerprint density at radius 2 is 2.00 bits per heavy atom. The zero-order valence-corrected chi connectivity index (χ0v) is 11.3. The second-order valence-electron chi connectivity index (χ2n) is 4.29. The lowest BCUT2D eigenvalue weighted by molar-refractivity contribution is 0.0660. The number of aromatic nitrogens is 1. The van der Waals surface area contributed by atoms with Crippen LogP contribution in [0.15, 0.2) is 12.1 Å². The molecule has 0 bridgehead atoms. The molecule has 0 N–H and O–H groups in total. The first-order valence-electron chi connectivity index (χ1n) is 5.80. The van der Waals surface area contributed by atoms with Crippen molar-refractivity contribution >= 4 is 17.5 Å². The van der Waals surface area contributed by atoms with Crippen LogP contribution in [0.1, 0.15) is 10.4 Å². The van der Waals surface area contributed by atoms with Gasteiger partial charge in [0.05, 0.1) is 7.11 Å². The molecule has 0 spiro atoms. The maximum atomic E-state index is 12.3. The van der Waals surface area contributed by atoms with E-state index in [0.29, 0.717) is 10.7 Å². The quantitative estimate of drug-likeness (QED) is 0.755. The zero-order valence-electron chi connectivity index (χ0n) is 10.5. The Morgan fingerprint density at radius 3 is 2.61 bits per heavy atom. The van der Waals surface area contributed by atoms with Gasteiger partial charge < -0.3 is 14.5 Å². The SMILES string of the molecule is COc1nc(Cl)ccc1C(=O)N1CCN(C)CC1. The van der Waals surface area contributed by atoms with Crippen LogP contribution in [0.4, 0.5) is 0 Å². The molecule has 0 radical (unpaired) electrons. The van der Waals surface area contributed by atoms with Gasteiger partial charge in [-0.05, 0) is 19.2 Å². The van der Waals surface area contributed by atoms with E-state index in [1.807, 2.05) is 11.9 Å². The van der Waals surface area contributed by atoms with E-state index < -0.39 is 0 Å². The highest BCUT2D eigenvalue weighted by Gasteiger charge is 2.23. The normalized spacial score (nSPS) is 16.7. The number of methoxy groups -OCH3 is 1. The number of nitrogens with zero attached hydrogens (tertiary/aromatic N) is 3. The van der Waals surface area contributed by atoms with Crippen molar-refractivity contribution in [2.24, 2.45) is 0 Å². The lowest BCUT2D eigenvalue weighted by Gasteiger charge is -2.32. The molecule has 1 saturated heterocycles. The molecule has 0 atom stereocenters. The maximum absolute atomic E-state index is 12.3. The third-order valence-electron chi connectivity index (χ3n) is 3.04. The van der Waals surface area contributed by atoms with Gasteiger partial charge >= 0.3 is 0 Å². The number of carbonyl (C=O) groups excluding carboxylic acids is 1. The van der Waals surface area contributed by atoms with Crippen LogP contribution < -0.4 is 4.74 Å². The van der Waals surface area contributed by atoms with Crippen molar-refractivity contribution in [2.75, 3.05) is 40.3 Å². The smallest absolute Gasteiger partial charge is 0.259 e. The Morgan fingerprint density at radius 1 is 1.33 bits per heavy atom. The predicted octanol–water partition coefficient (Wildman–Crippen LogP) is 1.13. The number of hydrogen-bond acceptors (Lipinski definition) is 4. The molecule has 0 saturated carbocycles. The van der Waals surface area contributed by atoms with E-state index in [1.165, 1.54) is 7.11 Å². The van der Waals surface area contributed by atoms with Gasteiger partial charge in [0.1, 0.15) is 10.7 Å². The zero-order chi connectivity index (χ0) is 13.1. The van der Waals surface area contributed by atoms with Crippen LogP contribution in [0.25, 0.3) is 0 Å². The van der Waals surface area contributed by atoms with E-state index in [9.17, 15) is 4.79 Å². The lowest BCUT2D eigenvalue weighted by atomic mass is 10.2. The average Bonchev–Trinajstić information content (AvgIpc) is 2.38. The van der Waals surface area contributed by atoms with Gasteiger partial charge in [-0.3, -0.25) is 4.79 Å². The average molecular weight is 270 g/mol. The number of hydrogen-bond donors (Lipinski definition) is 0. The van der Waals surface area contributed by atoms with Crippen molar-refractivity contribution < 1.29 is 9.53 Å². The van der Waals surface area contributed by atoms with E-state index in [0.717, 1.165) is 26.2 Å². The summed E-state index contributed by atoms with van der Waals surface area (Å²) in [6.07, 6.45) is 0. The summed E-state index contributed by atoms with van der Waals surface area (Å²) in [5.41, 5.74) is 0.464. The van der Waals surface area contributed by atoms with Crippen molar-refractivity contribution in [1.82, 2.24) is 14.8 Å². The van der Waals surface area contributed by atoms with Crippen molar-refractivity contribution in [2.45, 2.75) is 0 Å². The molecular weight excluding hydrogens is 254 g/mol. The molecule has 2 heterocycles. The van der Waals surface area contributed by atoms with Gasteiger partial charge in [0.15, 0.2) is 0 Å². The highest BCUT2D eigenvalue weighted by atomic mass is 35.5. The number of amides is 1. The standard InChI is InChI=1S/C12H16ClN3O2/c1-15-5-7-16(8-6-15)12(17)9-3-4-10(13)14-11(9)18-2/h3-4H,5-8H2,1-2H3. The first-order chi connectivity index (χ1) is 8.61. The summed E-state index contributed by atoms with van der Waals surface area (Å²) >= 11 is 5.78. The van der Waals surface area contributed by atoms with Gasteiger partial charge in [0, 0.05) is 26.2 Å². The van der Waals surface area contributed by atoms with Crippen LogP contribution in [0.3, 0.4) is 0 Å². The molecule has 5 nitrogen and oxygen atoms in total. The predicted molar refractivity (Wildman–Crippen MR) is 69.2 cm³/mol. The van der Waals surface area contributed by atoms with Gasteiger partial charge in [-0.2, -0.15) is 0 Å². The van der Waals surface area contributed by atoms with E-state index in [1.54, 1.807) is 12.1 Å². The van der Waals surface area contributed by atoms with E-state index >= 15 is 0 Å². The fourth-order valence-electron chi connectivity index (χ4n) is 1.92. The van der Waals surface area contributed by atoms with Crippen molar-refractivity contribution in [3.8, 4) is 5.88 Å². The van der Waals surface area contributed by atoms with E-state index in [-0.39, 0.29) is 11.8 Å². The van der Waals surface area contributed by atoms with Crippen molar-refractivity contribution in [1.29, 1.82) is 0 Å². The number of pyridine rings is 1. The molecule has 0 unspecified atom stereocenters. The molecule has 1 aromatic rings. The highest BCUT2D eigenvalue weighted by Crippen LogP contribution is 2.20. The third-order valence-corrected chi connectivity index (χ3v) is 3.25. The third kappa shape index (κ3) is 2.73. The Bertz CT molecular complexity index is 445. The summed E-state index contributed by atoms with van der Waals surface area (Å²) in [5, 5.41) is 0.321. The summed E-state index contributed by atoms with van der Waals surface area (Å²) in [7, 11) is 3.53. The first kappa shape index (κ1) is 13.1. The van der Waals surface area contributed by atoms with Crippen LogP contribution in [0, 0.1) is 0 Å². The summed E-state index contributed by atoms with van der Waals surface area (Å²) in [5.74, 6) is 0.232. The molecule has 1 aliphatic heterocycles. The number of rotatable bonds is 2. The molecule has 6 heteroatoms. The van der Waals surface area contributed by atoms with Crippen LogP contribution >= 0.6 is 11.6 Å². The van der Waals surface area contributed by atoms with Gasteiger partial charge in [0.2, 0.25) is 5.88 Å². The molecule has 0 aliphatic carbocycles. The van der Waals surface area contributed by atoms with Gasteiger partial charge in [-0.15, -0.1) is 0 Å². The first-order valence-corrected chi connectivity index (χ1v) is 6.18. The lowest BCUT2D eigenvalue weighted by Crippen LogP contribution is -2.47. The molecule has 2 rings (SSSR count).